The van der Waals surface area contributed by atoms with E-state index in [1.165, 1.54) is 0 Å². The minimum atomic E-state index is -3.24. The second-order valence-electron chi connectivity index (χ2n) is 7.36. The normalized spacial score (nSPS) is 24.0. The molecular weight excluding hydrogens is 368 g/mol. The van der Waals surface area contributed by atoms with Crippen molar-refractivity contribution in [1.82, 2.24) is 9.21 Å². The van der Waals surface area contributed by atoms with Crippen molar-refractivity contribution < 1.29 is 8.42 Å². The number of hydrogen-bond donors (Lipinski definition) is 0. The van der Waals surface area contributed by atoms with E-state index in [4.69, 9.17) is 11.6 Å². The summed E-state index contributed by atoms with van der Waals surface area (Å²) in [5, 5.41) is 0.802. The van der Waals surface area contributed by atoms with E-state index in [0.29, 0.717) is 24.9 Å². The molecule has 0 N–H and O–H groups in total. The fourth-order valence-electron chi connectivity index (χ4n) is 4.15. The first-order chi connectivity index (χ1) is 12.5. The van der Waals surface area contributed by atoms with Crippen molar-refractivity contribution in [3.8, 4) is 0 Å². The Kier molecular flexibility index (Phi) is 5.06. The molecule has 6 heteroatoms. The maximum atomic E-state index is 12.7. The van der Waals surface area contributed by atoms with Crippen LogP contribution < -0.4 is 0 Å². The molecule has 0 spiro atoms. The molecule has 2 saturated heterocycles. The van der Waals surface area contributed by atoms with Crippen LogP contribution in [-0.2, 0) is 22.3 Å². The molecule has 2 aliphatic heterocycles. The van der Waals surface area contributed by atoms with Gasteiger partial charge < -0.3 is 0 Å². The zero-order chi connectivity index (χ0) is 18.1. The molecule has 2 atom stereocenters. The predicted molar refractivity (Wildman–Crippen MR) is 104 cm³/mol. The molecule has 2 aliphatic rings. The van der Waals surface area contributed by atoms with Crippen LogP contribution in [0.15, 0.2) is 54.6 Å². The maximum absolute atomic E-state index is 12.7. The van der Waals surface area contributed by atoms with E-state index in [0.717, 1.165) is 35.8 Å². The standard InChI is InChI=1S/C20H23ClN2O2S/c21-20-9-5-4-8-17(20)10-22-11-18-13-23(14-19(18)12-22)26(24,25)15-16-6-2-1-3-7-16/h1-9,18-19H,10-15H2. The van der Waals surface area contributed by atoms with E-state index in [9.17, 15) is 8.42 Å². The van der Waals surface area contributed by atoms with Crippen molar-refractivity contribution >= 4 is 21.6 Å². The lowest BCUT2D eigenvalue weighted by Crippen LogP contribution is -2.34. The van der Waals surface area contributed by atoms with Crippen LogP contribution in [0, 0.1) is 11.8 Å². The largest absolute Gasteiger partial charge is 0.298 e. The molecule has 4 nitrogen and oxygen atoms in total. The van der Waals surface area contributed by atoms with Crippen LogP contribution in [-0.4, -0.2) is 43.8 Å². The zero-order valence-electron chi connectivity index (χ0n) is 14.6. The van der Waals surface area contributed by atoms with Crippen molar-refractivity contribution in [3.05, 3.63) is 70.7 Å². The summed E-state index contributed by atoms with van der Waals surface area (Å²) >= 11 is 6.27. The summed E-state index contributed by atoms with van der Waals surface area (Å²) in [5.74, 6) is 0.933. The highest BCUT2D eigenvalue weighted by Crippen LogP contribution is 2.34. The topological polar surface area (TPSA) is 40.6 Å². The number of rotatable bonds is 5. The van der Waals surface area contributed by atoms with Gasteiger partial charge in [0.2, 0.25) is 10.0 Å². The molecule has 2 unspecified atom stereocenters. The molecule has 2 aromatic rings. The van der Waals surface area contributed by atoms with Gasteiger partial charge in [-0.3, -0.25) is 4.90 Å². The van der Waals surface area contributed by atoms with Gasteiger partial charge in [0.15, 0.2) is 0 Å². The quantitative estimate of drug-likeness (QED) is 0.786. The number of hydrogen-bond acceptors (Lipinski definition) is 3. The Morgan fingerprint density at radius 2 is 1.50 bits per heavy atom. The van der Waals surface area contributed by atoms with Gasteiger partial charge in [0.1, 0.15) is 0 Å². The van der Waals surface area contributed by atoms with Gasteiger partial charge in [0.25, 0.3) is 0 Å². The van der Waals surface area contributed by atoms with E-state index in [1.54, 1.807) is 4.31 Å². The van der Waals surface area contributed by atoms with Crippen LogP contribution in [0.1, 0.15) is 11.1 Å². The van der Waals surface area contributed by atoms with Crippen LogP contribution in [0.3, 0.4) is 0 Å². The van der Waals surface area contributed by atoms with Gasteiger partial charge in [-0.15, -0.1) is 0 Å². The summed E-state index contributed by atoms with van der Waals surface area (Å²) in [4.78, 5) is 2.40. The zero-order valence-corrected chi connectivity index (χ0v) is 16.2. The van der Waals surface area contributed by atoms with Crippen molar-refractivity contribution in [1.29, 1.82) is 0 Å². The summed E-state index contributed by atoms with van der Waals surface area (Å²) in [5.41, 5.74) is 1.99. The predicted octanol–water partition coefficient (Wildman–Crippen LogP) is 3.23. The number of fused-ring (bicyclic) bond motifs is 1. The number of sulfonamides is 1. The van der Waals surface area contributed by atoms with Gasteiger partial charge in [-0.25, -0.2) is 12.7 Å². The fraction of sp³-hybridized carbons (Fsp3) is 0.400. The van der Waals surface area contributed by atoms with Gasteiger partial charge >= 0.3 is 0 Å². The first kappa shape index (κ1) is 18.0. The Bertz CT molecular complexity index is 858. The molecule has 0 aliphatic carbocycles. The third-order valence-corrected chi connectivity index (χ3v) is 7.62. The summed E-state index contributed by atoms with van der Waals surface area (Å²) in [6.07, 6.45) is 0. The molecule has 0 amide bonds. The minimum absolute atomic E-state index is 0.0939. The second-order valence-corrected chi connectivity index (χ2v) is 9.74. The van der Waals surface area contributed by atoms with Gasteiger partial charge in [-0.2, -0.15) is 0 Å². The Morgan fingerprint density at radius 3 is 2.15 bits per heavy atom. The third kappa shape index (κ3) is 3.81. The van der Waals surface area contributed by atoms with Gasteiger partial charge in [0.05, 0.1) is 5.75 Å². The monoisotopic (exact) mass is 390 g/mol. The lowest BCUT2D eigenvalue weighted by Gasteiger charge is -2.21. The average molecular weight is 391 g/mol. The highest BCUT2D eigenvalue weighted by Gasteiger charge is 2.43. The molecule has 2 aromatic carbocycles. The number of benzene rings is 2. The van der Waals surface area contributed by atoms with E-state index >= 15 is 0 Å². The summed E-state index contributed by atoms with van der Waals surface area (Å²) in [6, 6.07) is 17.4. The Labute approximate surface area is 160 Å². The Hall–Kier alpha value is -1.40. The van der Waals surface area contributed by atoms with Crippen LogP contribution in [0.4, 0.5) is 0 Å². The summed E-state index contributed by atoms with van der Waals surface area (Å²) in [6.45, 7) is 3.99. The summed E-state index contributed by atoms with van der Waals surface area (Å²) < 4.78 is 27.2. The van der Waals surface area contributed by atoms with E-state index in [-0.39, 0.29) is 5.75 Å². The van der Waals surface area contributed by atoms with Gasteiger partial charge in [0, 0.05) is 37.7 Å². The molecule has 0 saturated carbocycles. The highest BCUT2D eigenvalue weighted by molar-refractivity contribution is 7.88. The van der Waals surface area contributed by atoms with Gasteiger partial charge in [-0.05, 0) is 29.0 Å². The maximum Gasteiger partial charge on any atom is 0.218 e. The molecule has 2 heterocycles. The SMILES string of the molecule is O=S(=O)(Cc1ccccc1)N1CC2CN(Cc3ccccc3Cl)CC2C1. The molecule has 0 radical (unpaired) electrons. The molecule has 2 fully saturated rings. The van der Waals surface area contributed by atoms with E-state index in [1.807, 2.05) is 48.5 Å². The fourth-order valence-corrected chi connectivity index (χ4v) is 5.98. The molecular formula is C20H23ClN2O2S. The lowest BCUT2D eigenvalue weighted by molar-refractivity contribution is 0.289. The highest BCUT2D eigenvalue weighted by atomic mass is 35.5. The van der Waals surface area contributed by atoms with Crippen LogP contribution in [0.2, 0.25) is 5.02 Å². The average Bonchev–Trinajstić information content (AvgIpc) is 3.16. The van der Waals surface area contributed by atoms with E-state index in [2.05, 4.69) is 11.0 Å². The van der Waals surface area contributed by atoms with Crippen LogP contribution in [0.5, 0.6) is 0 Å². The van der Waals surface area contributed by atoms with Crippen molar-refractivity contribution in [2.24, 2.45) is 11.8 Å². The van der Waals surface area contributed by atoms with Crippen LogP contribution in [0.25, 0.3) is 0 Å². The minimum Gasteiger partial charge on any atom is -0.298 e. The molecule has 138 valence electrons. The lowest BCUT2D eigenvalue weighted by atomic mass is 10.0. The van der Waals surface area contributed by atoms with Crippen LogP contribution >= 0.6 is 11.6 Å². The first-order valence-electron chi connectivity index (χ1n) is 8.99. The molecule has 26 heavy (non-hydrogen) atoms. The third-order valence-electron chi connectivity index (χ3n) is 5.47. The second kappa shape index (κ2) is 7.31. The smallest absolute Gasteiger partial charge is 0.218 e. The number of likely N-dealkylation sites (tertiary alicyclic amines) is 1. The number of nitrogens with zero attached hydrogens (tertiary/aromatic N) is 2. The molecule has 0 bridgehead atoms. The number of halogens is 1. The first-order valence-corrected chi connectivity index (χ1v) is 11.0. The molecule has 4 rings (SSSR count). The Balaban J connectivity index is 1.37. The van der Waals surface area contributed by atoms with Crippen molar-refractivity contribution in [2.45, 2.75) is 12.3 Å². The van der Waals surface area contributed by atoms with Crippen molar-refractivity contribution in [3.63, 3.8) is 0 Å². The molecule has 0 aromatic heterocycles. The van der Waals surface area contributed by atoms with Crippen molar-refractivity contribution in [2.75, 3.05) is 26.2 Å². The Morgan fingerprint density at radius 1 is 0.885 bits per heavy atom. The van der Waals surface area contributed by atoms with E-state index < -0.39 is 10.0 Å². The van der Waals surface area contributed by atoms with Gasteiger partial charge in [-0.1, -0.05) is 60.1 Å². The summed E-state index contributed by atoms with van der Waals surface area (Å²) in [7, 11) is -3.24.